The summed E-state index contributed by atoms with van der Waals surface area (Å²) in [4.78, 5) is 2.42. The van der Waals surface area contributed by atoms with Crippen LogP contribution in [0.15, 0.2) is 0 Å². The second kappa shape index (κ2) is 4.98. The van der Waals surface area contributed by atoms with E-state index in [9.17, 15) is 0 Å². The maximum absolute atomic E-state index is 5.47. The molecule has 0 aromatic carbocycles. The summed E-state index contributed by atoms with van der Waals surface area (Å²) in [6, 6.07) is 0. The molecule has 2 N–H and O–H groups in total. The van der Waals surface area contributed by atoms with Crippen molar-refractivity contribution in [1.82, 2.24) is 9.21 Å². The van der Waals surface area contributed by atoms with Crippen LogP contribution >= 0.6 is 11.9 Å². The SMILES string of the molecule is CSN1CCN(CCN)CC1. The Labute approximate surface area is 73.0 Å². The minimum atomic E-state index is 0.791. The molecule has 0 aromatic heterocycles. The smallest absolute Gasteiger partial charge is 0.0218 e. The van der Waals surface area contributed by atoms with Crippen molar-refractivity contribution in [3.8, 4) is 0 Å². The fraction of sp³-hybridized carbons (Fsp3) is 1.00. The van der Waals surface area contributed by atoms with E-state index in [1.165, 1.54) is 26.2 Å². The Morgan fingerprint density at radius 3 is 2.36 bits per heavy atom. The Kier molecular flexibility index (Phi) is 4.22. The molecule has 3 nitrogen and oxygen atoms in total. The quantitative estimate of drug-likeness (QED) is 0.604. The fourth-order valence-corrected chi connectivity index (χ4v) is 1.85. The summed E-state index contributed by atoms with van der Waals surface area (Å²) in [6.07, 6.45) is 2.14. The molecule has 1 heterocycles. The van der Waals surface area contributed by atoms with Crippen molar-refractivity contribution in [3.05, 3.63) is 0 Å². The maximum Gasteiger partial charge on any atom is 0.0218 e. The van der Waals surface area contributed by atoms with E-state index in [-0.39, 0.29) is 0 Å². The van der Waals surface area contributed by atoms with E-state index in [2.05, 4.69) is 15.5 Å². The van der Waals surface area contributed by atoms with Crippen LogP contribution in [0.4, 0.5) is 0 Å². The van der Waals surface area contributed by atoms with Gasteiger partial charge < -0.3 is 5.73 Å². The molecule has 1 fully saturated rings. The zero-order valence-electron chi connectivity index (χ0n) is 7.12. The summed E-state index contributed by atoms with van der Waals surface area (Å²) in [7, 11) is 0. The van der Waals surface area contributed by atoms with Gasteiger partial charge >= 0.3 is 0 Å². The number of nitrogens with zero attached hydrogens (tertiary/aromatic N) is 2. The molecule has 0 atom stereocenters. The van der Waals surface area contributed by atoms with E-state index in [0.29, 0.717) is 0 Å². The lowest BCUT2D eigenvalue weighted by atomic mass is 10.3. The molecule has 66 valence electrons. The summed E-state index contributed by atoms with van der Waals surface area (Å²) < 4.78 is 2.40. The lowest BCUT2D eigenvalue weighted by Crippen LogP contribution is -2.44. The molecule has 0 saturated carbocycles. The van der Waals surface area contributed by atoms with Crippen molar-refractivity contribution < 1.29 is 0 Å². The summed E-state index contributed by atoms with van der Waals surface area (Å²) in [5, 5.41) is 0. The number of nitrogens with two attached hydrogens (primary N) is 1. The van der Waals surface area contributed by atoms with Crippen LogP contribution < -0.4 is 5.73 Å². The van der Waals surface area contributed by atoms with Crippen molar-refractivity contribution >= 4 is 11.9 Å². The van der Waals surface area contributed by atoms with Crippen molar-refractivity contribution in [2.75, 3.05) is 45.5 Å². The molecule has 0 bridgehead atoms. The first-order valence-corrected chi connectivity index (χ1v) is 5.26. The molecule has 1 saturated heterocycles. The van der Waals surface area contributed by atoms with Gasteiger partial charge in [-0.3, -0.25) is 4.90 Å². The highest BCUT2D eigenvalue weighted by molar-refractivity contribution is 7.96. The Hall–Kier alpha value is 0.230. The van der Waals surface area contributed by atoms with E-state index in [1.807, 2.05) is 11.9 Å². The first-order chi connectivity index (χ1) is 5.36. The number of hydrogen-bond donors (Lipinski definition) is 1. The topological polar surface area (TPSA) is 32.5 Å². The van der Waals surface area contributed by atoms with Gasteiger partial charge in [-0.15, -0.1) is 0 Å². The largest absolute Gasteiger partial charge is 0.329 e. The third-order valence-electron chi connectivity index (χ3n) is 2.03. The molecule has 1 rings (SSSR count). The van der Waals surface area contributed by atoms with E-state index in [4.69, 9.17) is 5.73 Å². The molecule has 0 radical (unpaired) electrons. The Morgan fingerprint density at radius 1 is 1.27 bits per heavy atom. The van der Waals surface area contributed by atoms with Gasteiger partial charge in [-0.2, -0.15) is 0 Å². The predicted octanol–water partition coefficient (Wildman–Crippen LogP) is -0.159. The molecule has 11 heavy (non-hydrogen) atoms. The van der Waals surface area contributed by atoms with Gasteiger partial charge in [0.05, 0.1) is 0 Å². The first-order valence-electron chi connectivity index (χ1n) is 4.08. The number of hydrogen-bond acceptors (Lipinski definition) is 4. The van der Waals surface area contributed by atoms with Gasteiger partial charge in [-0.25, -0.2) is 4.31 Å². The highest BCUT2D eigenvalue weighted by atomic mass is 32.2. The van der Waals surface area contributed by atoms with Gasteiger partial charge in [0.25, 0.3) is 0 Å². The monoisotopic (exact) mass is 175 g/mol. The summed E-state index contributed by atoms with van der Waals surface area (Å²) >= 11 is 1.84. The van der Waals surface area contributed by atoms with Crippen LogP contribution in [0.5, 0.6) is 0 Å². The summed E-state index contributed by atoms with van der Waals surface area (Å²) in [6.45, 7) is 6.57. The van der Waals surface area contributed by atoms with Gasteiger partial charge in [-0.05, 0) is 6.26 Å². The van der Waals surface area contributed by atoms with Crippen LogP contribution in [-0.2, 0) is 0 Å². The molecule has 0 amide bonds. The normalized spacial score (nSPS) is 22.4. The average Bonchev–Trinajstić information content (AvgIpc) is 2.07. The van der Waals surface area contributed by atoms with Crippen LogP contribution in [0, 0.1) is 0 Å². The summed E-state index contributed by atoms with van der Waals surface area (Å²) in [5.41, 5.74) is 5.47. The third kappa shape index (κ3) is 2.99. The highest BCUT2D eigenvalue weighted by Gasteiger charge is 2.14. The van der Waals surface area contributed by atoms with Gasteiger partial charge in [0.1, 0.15) is 0 Å². The third-order valence-corrected chi connectivity index (χ3v) is 2.92. The van der Waals surface area contributed by atoms with Gasteiger partial charge in [0.15, 0.2) is 0 Å². The van der Waals surface area contributed by atoms with Crippen LogP contribution in [-0.4, -0.2) is 54.7 Å². The lowest BCUT2D eigenvalue weighted by Gasteiger charge is -2.32. The molecular formula is C7H17N3S. The van der Waals surface area contributed by atoms with Crippen molar-refractivity contribution in [3.63, 3.8) is 0 Å². The standard InChI is InChI=1S/C7H17N3S/c1-11-10-6-4-9(3-2-8)5-7-10/h2-8H2,1H3. The van der Waals surface area contributed by atoms with Crippen molar-refractivity contribution in [1.29, 1.82) is 0 Å². The highest BCUT2D eigenvalue weighted by Crippen LogP contribution is 2.08. The van der Waals surface area contributed by atoms with E-state index in [0.717, 1.165) is 13.1 Å². The minimum Gasteiger partial charge on any atom is -0.329 e. The molecular weight excluding hydrogens is 158 g/mol. The van der Waals surface area contributed by atoms with Crippen molar-refractivity contribution in [2.45, 2.75) is 0 Å². The van der Waals surface area contributed by atoms with E-state index >= 15 is 0 Å². The molecule has 0 unspecified atom stereocenters. The molecule has 0 aromatic rings. The minimum absolute atomic E-state index is 0.791. The lowest BCUT2D eigenvalue weighted by molar-refractivity contribution is 0.201. The van der Waals surface area contributed by atoms with Crippen LogP contribution in [0.2, 0.25) is 0 Å². The summed E-state index contributed by atoms with van der Waals surface area (Å²) in [5.74, 6) is 0. The van der Waals surface area contributed by atoms with Gasteiger partial charge in [-0.1, -0.05) is 11.9 Å². The zero-order valence-corrected chi connectivity index (χ0v) is 7.94. The molecule has 1 aliphatic heterocycles. The van der Waals surface area contributed by atoms with Gasteiger partial charge in [0.2, 0.25) is 0 Å². The Bertz CT molecular complexity index is 102. The molecule has 4 heteroatoms. The first kappa shape index (κ1) is 9.32. The second-order valence-corrected chi connectivity index (χ2v) is 3.62. The fourth-order valence-electron chi connectivity index (χ4n) is 1.32. The molecule has 0 aliphatic carbocycles. The van der Waals surface area contributed by atoms with Gasteiger partial charge in [0, 0.05) is 39.3 Å². The maximum atomic E-state index is 5.47. The van der Waals surface area contributed by atoms with Crippen LogP contribution in [0.1, 0.15) is 0 Å². The van der Waals surface area contributed by atoms with E-state index < -0.39 is 0 Å². The number of rotatable bonds is 3. The van der Waals surface area contributed by atoms with Crippen molar-refractivity contribution in [2.24, 2.45) is 5.73 Å². The van der Waals surface area contributed by atoms with E-state index in [1.54, 1.807) is 0 Å². The molecule has 1 aliphatic rings. The second-order valence-electron chi connectivity index (χ2n) is 2.74. The van der Waals surface area contributed by atoms with Crippen LogP contribution in [0.3, 0.4) is 0 Å². The Balaban J connectivity index is 2.14. The molecule has 0 spiro atoms. The number of piperazine rings is 1. The predicted molar refractivity (Wildman–Crippen MR) is 50.6 cm³/mol. The Morgan fingerprint density at radius 2 is 1.91 bits per heavy atom. The average molecular weight is 175 g/mol. The van der Waals surface area contributed by atoms with Crippen LogP contribution in [0.25, 0.3) is 0 Å². The zero-order chi connectivity index (χ0) is 8.10.